The second-order valence-corrected chi connectivity index (χ2v) is 8.03. The minimum Gasteiger partial charge on any atom is -0.354 e. The van der Waals surface area contributed by atoms with Crippen LogP contribution in [0.25, 0.3) is 22.4 Å². The number of pyridine rings is 1. The van der Waals surface area contributed by atoms with Gasteiger partial charge in [0.1, 0.15) is 23.0 Å². The summed E-state index contributed by atoms with van der Waals surface area (Å²) in [6.07, 6.45) is 7.02. The molecule has 9 heteroatoms. The fourth-order valence-corrected chi connectivity index (χ4v) is 4.08. The maximum absolute atomic E-state index is 12.8. The van der Waals surface area contributed by atoms with Gasteiger partial charge in [-0.05, 0) is 38.3 Å². The highest BCUT2D eigenvalue weighted by atomic mass is 35.5. The number of rotatable bonds is 5. The molecule has 0 aromatic carbocycles. The van der Waals surface area contributed by atoms with Gasteiger partial charge in [0, 0.05) is 36.1 Å². The number of nitrogens with one attached hydrogen (secondary N) is 2. The quantitative estimate of drug-likeness (QED) is 0.650. The summed E-state index contributed by atoms with van der Waals surface area (Å²) in [6, 6.07) is 5.47. The molecular formula is C21H22ClN7O. The number of hydrogen-bond donors (Lipinski definition) is 2. The van der Waals surface area contributed by atoms with E-state index in [0.29, 0.717) is 41.7 Å². The van der Waals surface area contributed by atoms with Gasteiger partial charge in [-0.15, -0.1) is 0 Å². The van der Waals surface area contributed by atoms with Crippen LogP contribution in [0.3, 0.4) is 0 Å². The standard InChI is InChI=1S/C21H22ClN7O/c1-3-7-25-20(30)16-4-6-21(2,12-23)29(16)17-5-8-24-19(28-17)15-11-27-18-14(15)9-13(22)10-26-18/h5,8-11,16H,3-4,6-7H2,1-2H3,(H,25,30)(H,26,27)/t16-,21-/m1/s1. The molecule has 0 radical (unpaired) electrons. The Bertz CT molecular complexity index is 1140. The lowest BCUT2D eigenvalue weighted by molar-refractivity contribution is -0.122. The van der Waals surface area contributed by atoms with Crippen molar-refractivity contribution in [2.45, 2.75) is 44.7 Å². The Hall–Kier alpha value is -3.18. The maximum atomic E-state index is 12.8. The molecular weight excluding hydrogens is 402 g/mol. The van der Waals surface area contributed by atoms with Crippen LogP contribution in [0.1, 0.15) is 33.1 Å². The van der Waals surface area contributed by atoms with Crippen LogP contribution in [-0.2, 0) is 4.79 Å². The van der Waals surface area contributed by atoms with Gasteiger partial charge in [0.2, 0.25) is 5.91 Å². The van der Waals surface area contributed by atoms with E-state index in [4.69, 9.17) is 16.6 Å². The average Bonchev–Trinajstić information content (AvgIpc) is 3.33. The van der Waals surface area contributed by atoms with Crippen LogP contribution in [-0.4, -0.2) is 44.0 Å². The molecule has 3 aromatic heterocycles. The second-order valence-electron chi connectivity index (χ2n) is 7.59. The van der Waals surface area contributed by atoms with E-state index in [1.807, 2.05) is 24.8 Å². The molecule has 1 aliphatic heterocycles. The van der Waals surface area contributed by atoms with Crippen molar-refractivity contribution in [3.63, 3.8) is 0 Å². The number of carbonyl (C=O) groups excluding carboxylic acids is 1. The summed E-state index contributed by atoms with van der Waals surface area (Å²) in [5, 5.41) is 14.1. The van der Waals surface area contributed by atoms with Gasteiger partial charge in [0.05, 0.1) is 11.1 Å². The molecule has 4 heterocycles. The van der Waals surface area contributed by atoms with Gasteiger partial charge >= 0.3 is 0 Å². The third kappa shape index (κ3) is 3.46. The molecule has 2 atom stereocenters. The number of aromatic amines is 1. The van der Waals surface area contributed by atoms with E-state index in [2.05, 4.69) is 26.3 Å². The molecule has 0 aliphatic carbocycles. The molecule has 1 fully saturated rings. The van der Waals surface area contributed by atoms with Crippen LogP contribution in [0.4, 0.5) is 5.82 Å². The minimum absolute atomic E-state index is 0.0842. The van der Waals surface area contributed by atoms with E-state index in [0.717, 1.165) is 17.4 Å². The van der Waals surface area contributed by atoms with E-state index < -0.39 is 11.6 Å². The van der Waals surface area contributed by atoms with E-state index >= 15 is 0 Å². The number of fused-ring (bicyclic) bond motifs is 1. The monoisotopic (exact) mass is 423 g/mol. The first-order valence-corrected chi connectivity index (χ1v) is 10.3. The number of nitrogens with zero attached hydrogens (tertiary/aromatic N) is 5. The molecule has 8 nitrogen and oxygen atoms in total. The average molecular weight is 424 g/mol. The predicted molar refractivity (Wildman–Crippen MR) is 115 cm³/mol. The summed E-state index contributed by atoms with van der Waals surface area (Å²) in [7, 11) is 0. The van der Waals surface area contributed by atoms with Gasteiger partial charge in [-0.3, -0.25) is 4.79 Å². The van der Waals surface area contributed by atoms with Crippen LogP contribution in [0.2, 0.25) is 5.02 Å². The van der Waals surface area contributed by atoms with Crippen molar-refractivity contribution < 1.29 is 4.79 Å². The summed E-state index contributed by atoms with van der Waals surface area (Å²) in [5.74, 6) is 0.935. The molecule has 30 heavy (non-hydrogen) atoms. The molecule has 2 N–H and O–H groups in total. The Morgan fingerprint density at radius 3 is 3.10 bits per heavy atom. The van der Waals surface area contributed by atoms with Crippen molar-refractivity contribution in [3.05, 3.63) is 35.7 Å². The van der Waals surface area contributed by atoms with E-state index in [9.17, 15) is 10.1 Å². The SMILES string of the molecule is CCCNC(=O)[C@H]1CC[C@](C)(C#N)N1c1ccnc(-c2c[nH]c3ncc(Cl)cc23)n1. The molecule has 4 rings (SSSR count). The first-order valence-electron chi connectivity index (χ1n) is 9.91. The first-order chi connectivity index (χ1) is 14.5. The number of anilines is 1. The third-order valence-electron chi connectivity index (χ3n) is 5.47. The molecule has 0 unspecified atom stereocenters. The Kier molecular flexibility index (Phi) is 5.31. The van der Waals surface area contributed by atoms with Gasteiger partial charge in [-0.25, -0.2) is 15.0 Å². The van der Waals surface area contributed by atoms with Crippen molar-refractivity contribution in [1.82, 2.24) is 25.3 Å². The number of carbonyl (C=O) groups is 1. The lowest BCUT2D eigenvalue weighted by atomic mass is 10.0. The Morgan fingerprint density at radius 2 is 2.33 bits per heavy atom. The normalized spacial score (nSPS) is 21.0. The predicted octanol–water partition coefficient (Wildman–Crippen LogP) is 3.45. The highest BCUT2D eigenvalue weighted by Gasteiger charge is 2.47. The third-order valence-corrected chi connectivity index (χ3v) is 5.67. The lowest BCUT2D eigenvalue weighted by Gasteiger charge is -2.34. The van der Waals surface area contributed by atoms with E-state index in [1.165, 1.54) is 0 Å². The fourth-order valence-electron chi connectivity index (χ4n) is 3.92. The Morgan fingerprint density at radius 1 is 1.50 bits per heavy atom. The van der Waals surface area contributed by atoms with Crippen molar-refractivity contribution in [1.29, 1.82) is 5.26 Å². The van der Waals surface area contributed by atoms with Crippen molar-refractivity contribution in [2.24, 2.45) is 0 Å². The largest absolute Gasteiger partial charge is 0.354 e. The van der Waals surface area contributed by atoms with Crippen LogP contribution >= 0.6 is 11.6 Å². The number of H-pyrrole nitrogens is 1. The molecule has 0 saturated carbocycles. The number of nitriles is 1. The van der Waals surface area contributed by atoms with E-state index in [-0.39, 0.29) is 5.91 Å². The van der Waals surface area contributed by atoms with Crippen LogP contribution in [0.5, 0.6) is 0 Å². The topological polar surface area (TPSA) is 111 Å². The molecule has 1 amide bonds. The second kappa shape index (κ2) is 7.92. The lowest BCUT2D eigenvalue weighted by Crippen LogP contribution is -2.51. The van der Waals surface area contributed by atoms with Crippen molar-refractivity contribution in [2.75, 3.05) is 11.4 Å². The zero-order valence-electron chi connectivity index (χ0n) is 16.8. The van der Waals surface area contributed by atoms with Crippen LogP contribution in [0, 0.1) is 11.3 Å². The highest BCUT2D eigenvalue weighted by Crippen LogP contribution is 2.38. The first kappa shape index (κ1) is 20.1. The zero-order chi connectivity index (χ0) is 21.3. The van der Waals surface area contributed by atoms with Gasteiger partial charge in [0.25, 0.3) is 0 Å². The number of aromatic nitrogens is 4. The summed E-state index contributed by atoms with van der Waals surface area (Å²) < 4.78 is 0. The van der Waals surface area contributed by atoms with Gasteiger partial charge in [-0.1, -0.05) is 18.5 Å². The molecule has 154 valence electrons. The summed E-state index contributed by atoms with van der Waals surface area (Å²) >= 11 is 6.12. The van der Waals surface area contributed by atoms with Crippen molar-refractivity contribution >= 4 is 34.4 Å². The zero-order valence-corrected chi connectivity index (χ0v) is 17.6. The van der Waals surface area contributed by atoms with Crippen LogP contribution < -0.4 is 10.2 Å². The Labute approximate surface area is 179 Å². The van der Waals surface area contributed by atoms with Crippen LogP contribution in [0.15, 0.2) is 30.7 Å². The fraction of sp³-hybridized carbons (Fsp3) is 0.381. The summed E-state index contributed by atoms with van der Waals surface area (Å²) in [4.78, 5) is 31.1. The molecule has 3 aromatic rings. The number of halogens is 1. The Balaban J connectivity index is 1.76. The smallest absolute Gasteiger partial charge is 0.242 e. The van der Waals surface area contributed by atoms with E-state index in [1.54, 1.807) is 24.7 Å². The summed E-state index contributed by atoms with van der Waals surface area (Å²) in [6.45, 7) is 4.45. The summed E-state index contributed by atoms with van der Waals surface area (Å²) in [5.41, 5.74) is 0.611. The van der Waals surface area contributed by atoms with Gasteiger partial charge < -0.3 is 15.2 Å². The minimum atomic E-state index is -0.828. The molecule has 0 bridgehead atoms. The molecule has 1 aliphatic rings. The maximum Gasteiger partial charge on any atom is 0.242 e. The van der Waals surface area contributed by atoms with Gasteiger partial charge in [0.15, 0.2) is 5.82 Å². The van der Waals surface area contributed by atoms with Gasteiger partial charge in [-0.2, -0.15) is 5.26 Å². The number of amides is 1. The van der Waals surface area contributed by atoms with Crippen molar-refractivity contribution in [3.8, 4) is 17.5 Å². The number of hydrogen-bond acceptors (Lipinski definition) is 6. The highest BCUT2D eigenvalue weighted by molar-refractivity contribution is 6.31. The molecule has 0 spiro atoms. The molecule has 1 saturated heterocycles.